The molecule has 0 spiro atoms. The van der Waals surface area contributed by atoms with Crippen molar-refractivity contribution in [2.45, 2.75) is 33.3 Å². The zero-order valence-electron chi connectivity index (χ0n) is 10.2. The number of ether oxygens (including phenoxy) is 1. The molecule has 3 nitrogen and oxygen atoms in total. The van der Waals surface area contributed by atoms with Gasteiger partial charge in [-0.1, -0.05) is 0 Å². The first kappa shape index (κ1) is 13.4. The van der Waals surface area contributed by atoms with Gasteiger partial charge in [0.2, 0.25) is 0 Å². The normalized spacial score (nSPS) is 11.2. The lowest BCUT2D eigenvalue weighted by atomic mass is 10.2. The Kier molecular flexibility index (Phi) is 3.70. The largest absolute Gasteiger partial charge is 0.444 e. The molecule has 0 saturated heterocycles. The Labute approximate surface area is 98.8 Å². The summed E-state index contributed by atoms with van der Waals surface area (Å²) in [6, 6.07) is 1.96. The molecule has 0 unspecified atom stereocenters. The molecule has 0 bridgehead atoms. The Morgan fingerprint density at radius 2 is 1.76 bits per heavy atom. The predicted octanol–water partition coefficient (Wildman–Crippen LogP) is 3.62. The van der Waals surface area contributed by atoms with Crippen molar-refractivity contribution in [1.82, 2.24) is 0 Å². The highest BCUT2D eigenvalue weighted by atomic mass is 19.1. The van der Waals surface area contributed by atoms with Gasteiger partial charge in [0, 0.05) is 5.56 Å². The Hall–Kier alpha value is -1.65. The Bertz CT molecular complexity index is 439. The number of anilines is 1. The molecular formula is C12H15F2NO2. The standard InChI is InChI=1S/C12H15F2NO2/c1-7-8(13)5-6-9(14)10(7)15-11(16)17-12(2,3)4/h5-6H,1-4H3,(H,15,16). The number of carbonyl (C=O) groups excluding carboxylic acids is 1. The van der Waals surface area contributed by atoms with E-state index in [-0.39, 0.29) is 11.3 Å². The first-order chi connectivity index (χ1) is 7.70. The fraction of sp³-hybridized carbons (Fsp3) is 0.417. The summed E-state index contributed by atoms with van der Waals surface area (Å²) in [4.78, 5) is 11.4. The van der Waals surface area contributed by atoms with Gasteiger partial charge in [-0.15, -0.1) is 0 Å². The van der Waals surface area contributed by atoms with Crippen LogP contribution < -0.4 is 5.32 Å². The van der Waals surface area contributed by atoms with Crippen molar-refractivity contribution in [3.05, 3.63) is 29.3 Å². The van der Waals surface area contributed by atoms with Crippen LogP contribution in [-0.2, 0) is 4.74 Å². The molecule has 0 aliphatic carbocycles. The Balaban J connectivity index is 2.89. The quantitative estimate of drug-likeness (QED) is 0.818. The predicted molar refractivity (Wildman–Crippen MR) is 61.0 cm³/mol. The molecule has 5 heteroatoms. The molecule has 0 aliphatic heterocycles. The lowest BCUT2D eigenvalue weighted by Crippen LogP contribution is -2.27. The van der Waals surface area contributed by atoms with Crippen LogP contribution in [0.25, 0.3) is 0 Å². The molecule has 1 aromatic rings. The van der Waals surface area contributed by atoms with Crippen LogP contribution in [0.5, 0.6) is 0 Å². The molecule has 1 rings (SSSR count). The van der Waals surface area contributed by atoms with Crippen molar-refractivity contribution >= 4 is 11.8 Å². The molecule has 1 aromatic carbocycles. The van der Waals surface area contributed by atoms with Crippen LogP contribution in [0.15, 0.2) is 12.1 Å². The molecule has 0 radical (unpaired) electrons. The zero-order valence-corrected chi connectivity index (χ0v) is 10.2. The number of amides is 1. The van der Waals surface area contributed by atoms with Crippen molar-refractivity contribution in [2.75, 3.05) is 5.32 Å². The summed E-state index contributed by atoms with van der Waals surface area (Å²) in [5.41, 5.74) is -0.850. The van der Waals surface area contributed by atoms with E-state index in [1.165, 1.54) is 6.92 Å². The minimum atomic E-state index is -0.815. The second-order valence-corrected chi connectivity index (χ2v) is 4.66. The molecule has 0 aliphatic rings. The van der Waals surface area contributed by atoms with Crippen LogP contribution in [-0.4, -0.2) is 11.7 Å². The minimum absolute atomic E-state index is 0.0378. The fourth-order valence-corrected chi connectivity index (χ4v) is 1.21. The van der Waals surface area contributed by atoms with Crippen LogP contribution in [0.1, 0.15) is 26.3 Å². The van der Waals surface area contributed by atoms with E-state index in [1.807, 2.05) is 0 Å². The van der Waals surface area contributed by atoms with Crippen LogP contribution in [0.3, 0.4) is 0 Å². The highest BCUT2D eigenvalue weighted by Crippen LogP contribution is 2.22. The van der Waals surface area contributed by atoms with E-state index < -0.39 is 23.3 Å². The van der Waals surface area contributed by atoms with Crippen molar-refractivity contribution in [3.63, 3.8) is 0 Å². The molecule has 17 heavy (non-hydrogen) atoms. The van der Waals surface area contributed by atoms with Gasteiger partial charge in [-0.3, -0.25) is 5.32 Å². The van der Waals surface area contributed by atoms with E-state index in [0.29, 0.717) is 0 Å². The molecule has 94 valence electrons. The average molecular weight is 243 g/mol. The number of nitrogens with one attached hydrogen (secondary N) is 1. The smallest absolute Gasteiger partial charge is 0.412 e. The van der Waals surface area contributed by atoms with Crippen LogP contribution in [0, 0.1) is 18.6 Å². The maximum absolute atomic E-state index is 13.4. The number of hydrogen-bond acceptors (Lipinski definition) is 2. The Morgan fingerprint density at radius 1 is 1.24 bits per heavy atom. The first-order valence-corrected chi connectivity index (χ1v) is 5.15. The van der Waals surface area contributed by atoms with E-state index in [1.54, 1.807) is 20.8 Å². The molecule has 0 aromatic heterocycles. The third kappa shape index (κ3) is 3.69. The van der Waals surface area contributed by atoms with Gasteiger partial charge < -0.3 is 4.74 Å². The van der Waals surface area contributed by atoms with Gasteiger partial charge in [-0.25, -0.2) is 13.6 Å². The fourth-order valence-electron chi connectivity index (χ4n) is 1.21. The maximum atomic E-state index is 13.4. The van der Waals surface area contributed by atoms with Crippen molar-refractivity contribution in [1.29, 1.82) is 0 Å². The summed E-state index contributed by atoms with van der Waals surface area (Å²) in [5, 5.41) is 2.20. The van der Waals surface area contributed by atoms with Crippen molar-refractivity contribution in [2.24, 2.45) is 0 Å². The maximum Gasteiger partial charge on any atom is 0.412 e. The van der Waals surface area contributed by atoms with Crippen molar-refractivity contribution < 1.29 is 18.3 Å². The number of rotatable bonds is 1. The number of hydrogen-bond donors (Lipinski definition) is 1. The number of benzene rings is 1. The topological polar surface area (TPSA) is 38.3 Å². The lowest BCUT2D eigenvalue weighted by molar-refractivity contribution is 0.0635. The van der Waals surface area contributed by atoms with Crippen molar-refractivity contribution in [3.8, 4) is 0 Å². The van der Waals surface area contributed by atoms with E-state index >= 15 is 0 Å². The average Bonchev–Trinajstić information content (AvgIpc) is 2.16. The van der Waals surface area contributed by atoms with Gasteiger partial charge in [0.05, 0.1) is 5.69 Å². The zero-order chi connectivity index (χ0) is 13.2. The SMILES string of the molecule is Cc1c(F)ccc(F)c1NC(=O)OC(C)(C)C. The summed E-state index contributed by atoms with van der Waals surface area (Å²) in [6.45, 7) is 6.43. The number of carbonyl (C=O) groups is 1. The van der Waals surface area contributed by atoms with E-state index in [0.717, 1.165) is 12.1 Å². The molecule has 1 amide bonds. The molecule has 1 N–H and O–H groups in total. The second kappa shape index (κ2) is 4.69. The monoisotopic (exact) mass is 243 g/mol. The minimum Gasteiger partial charge on any atom is -0.444 e. The summed E-state index contributed by atoms with van der Waals surface area (Å²) >= 11 is 0. The molecule has 0 atom stereocenters. The van der Waals surface area contributed by atoms with Gasteiger partial charge >= 0.3 is 6.09 Å². The first-order valence-electron chi connectivity index (χ1n) is 5.15. The molecule has 0 saturated carbocycles. The van der Waals surface area contributed by atoms with Crippen LogP contribution >= 0.6 is 0 Å². The van der Waals surface area contributed by atoms with E-state index in [4.69, 9.17) is 4.74 Å². The van der Waals surface area contributed by atoms with E-state index in [2.05, 4.69) is 5.32 Å². The summed E-state index contributed by atoms with van der Waals surface area (Å²) in [5.74, 6) is -1.28. The number of halogens is 2. The molecule has 0 fully saturated rings. The van der Waals surface area contributed by atoms with Gasteiger partial charge in [0.1, 0.15) is 17.2 Å². The van der Waals surface area contributed by atoms with E-state index in [9.17, 15) is 13.6 Å². The summed E-state index contributed by atoms with van der Waals surface area (Å²) in [6.07, 6.45) is -0.815. The third-order valence-electron chi connectivity index (χ3n) is 1.97. The Morgan fingerprint density at radius 3 is 2.29 bits per heavy atom. The molecular weight excluding hydrogens is 228 g/mol. The highest BCUT2D eigenvalue weighted by Gasteiger charge is 2.19. The van der Waals surface area contributed by atoms with Crippen LogP contribution in [0.2, 0.25) is 0 Å². The van der Waals surface area contributed by atoms with Crippen LogP contribution in [0.4, 0.5) is 19.3 Å². The van der Waals surface area contributed by atoms with Gasteiger partial charge in [0.25, 0.3) is 0 Å². The summed E-state index contributed by atoms with van der Waals surface area (Å²) in [7, 11) is 0. The van der Waals surface area contributed by atoms with Gasteiger partial charge in [-0.05, 0) is 39.8 Å². The second-order valence-electron chi connectivity index (χ2n) is 4.66. The third-order valence-corrected chi connectivity index (χ3v) is 1.97. The highest BCUT2D eigenvalue weighted by molar-refractivity contribution is 5.86. The lowest BCUT2D eigenvalue weighted by Gasteiger charge is -2.20. The van der Waals surface area contributed by atoms with Gasteiger partial charge in [0.15, 0.2) is 0 Å². The summed E-state index contributed by atoms with van der Waals surface area (Å²) < 4.78 is 31.5. The van der Waals surface area contributed by atoms with Gasteiger partial charge in [-0.2, -0.15) is 0 Å². The molecule has 0 heterocycles.